The summed E-state index contributed by atoms with van der Waals surface area (Å²) in [4.78, 5) is 26.5. The number of anilines is 1. The van der Waals surface area contributed by atoms with E-state index in [0.717, 1.165) is 31.5 Å². The standard InChI is InChI=1S/C25H30N2O4/c1-18(2)17-31-22-12-6-19(16-23(22)30-3)7-13-24(28)26-21-10-8-20(9-11-21)25(29)27-14-4-5-15-27/h6-13,16,18H,4-5,14-15,17H2,1-3H3,(H,26,28)/b13-7+. The molecule has 3 rings (SSSR count). The molecule has 31 heavy (non-hydrogen) atoms. The molecule has 1 aliphatic heterocycles. The molecule has 6 nitrogen and oxygen atoms in total. The van der Waals surface area contributed by atoms with Crippen molar-refractivity contribution in [3.05, 3.63) is 59.7 Å². The fraction of sp³-hybridized carbons (Fsp3) is 0.360. The zero-order chi connectivity index (χ0) is 22.2. The lowest BCUT2D eigenvalue weighted by Crippen LogP contribution is -2.27. The average Bonchev–Trinajstić information content (AvgIpc) is 3.31. The van der Waals surface area contributed by atoms with E-state index in [0.29, 0.717) is 35.3 Å². The van der Waals surface area contributed by atoms with Crippen LogP contribution in [0.2, 0.25) is 0 Å². The first-order valence-electron chi connectivity index (χ1n) is 10.7. The van der Waals surface area contributed by atoms with Crippen LogP contribution in [0.15, 0.2) is 48.5 Å². The second kappa shape index (κ2) is 10.7. The quantitative estimate of drug-likeness (QED) is 0.631. The van der Waals surface area contributed by atoms with Gasteiger partial charge >= 0.3 is 0 Å². The number of hydrogen-bond donors (Lipinski definition) is 1. The van der Waals surface area contributed by atoms with E-state index in [9.17, 15) is 9.59 Å². The minimum atomic E-state index is -0.252. The molecule has 0 spiro atoms. The van der Waals surface area contributed by atoms with Gasteiger partial charge in [-0.3, -0.25) is 9.59 Å². The molecule has 0 bridgehead atoms. The number of carbonyl (C=O) groups is 2. The van der Waals surface area contributed by atoms with Crippen molar-refractivity contribution in [1.82, 2.24) is 4.90 Å². The normalized spacial score (nSPS) is 13.6. The van der Waals surface area contributed by atoms with Gasteiger partial charge in [-0.15, -0.1) is 0 Å². The minimum Gasteiger partial charge on any atom is -0.493 e. The van der Waals surface area contributed by atoms with Crippen LogP contribution in [0.3, 0.4) is 0 Å². The van der Waals surface area contributed by atoms with E-state index in [1.54, 1.807) is 37.5 Å². The molecule has 0 aliphatic carbocycles. The molecule has 1 heterocycles. The largest absolute Gasteiger partial charge is 0.493 e. The Bertz CT molecular complexity index is 929. The number of ether oxygens (including phenoxy) is 2. The first-order chi connectivity index (χ1) is 15.0. The van der Waals surface area contributed by atoms with Crippen LogP contribution in [0.25, 0.3) is 6.08 Å². The maximum Gasteiger partial charge on any atom is 0.253 e. The van der Waals surface area contributed by atoms with Crippen LogP contribution in [-0.2, 0) is 4.79 Å². The average molecular weight is 423 g/mol. The lowest BCUT2D eigenvalue weighted by atomic mass is 10.1. The second-order valence-corrected chi connectivity index (χ2v) is 8.01. The van der Waals surface area contributed by atoms with Crippen LogP contribution < -0.4 is 14.8 Å². The predicted octanol–water partition coefficient (Wildman–Crippen LogP) is 4.62. The van der Waals surface area contributed by atoms with Crippen molar-refractivity contribution in [3.8, 4) is 11.5 Å². The van der Waals surface area contributed by atoms with Gasteiger partial charge in [0.25, 0.3) is 5.91 Å². The summed E-state index contributed by atoms with van der Waals surface area (Å²) < 4.78 is 11.2. The van der Waals surface area contributed by atoms with Gasteiger partial charge in [0.2, 0.25) is 5.91 Å². The summed E-state index contributed by atoms with van der Waals surface area (Å²) >= 11 is 0. The summed E-state index contributed by atoms with van der Waals surface area (Å²) in [6, 6.07) is 12.5. The molecule has 0 radical (unpaired) electrons. The number of nitrogens with one attached hydrogen (secondary N) is 1. The third-order valence-electron chi connectivity index (χ3n) is 4.98. The third kappa shape index (κ3) is 6.35. The Hall–Kier alpha value is -3.28. The van der Waals surface area contributed by atoms with E-state index >= 15 is 0 Å². The van der Waals surface area contributed by atoms with Crippen molar-refractivity contribution in [2.75, 3.05) is 32.1 Å². The maximum atomic E-state index is 12.4. The fourth-order valence-corrected chi connectivity index (χ4v) is 3.32. The number of carbonyl (C=O) groups excluding carboxylic acids is 2. The zero-order valence-corrected chi connectivity index (χ0v) is 18.4. The van der Waals surface area contributed by atoms with Crippen molar-refractivity contribution in [1.29, 1.82) is 0 Å². The van der Waals surface area contributed by atoms with Gasteiger partial charge in [0.15, 0.2) is 11.5 Å². The van der Waals surface area contributed by atoms with Gasteiger partial charge in [-0.25, -0.2) is 0 Å². The highest BCUT2D eigenvalue weighted by atomic mass is 16.5. The van der Waals surface area contributed by atoms with E-state index in [2.05, 4.69) is 19.2 Å². The Kier molecular flexibility index (Phi) is 7.70. The van der Waals surface area contributed by atoms with E-state index in [1.165, 1.54) is 6.08 Å². The van der Waals surface area contributed by atoms with Crippen molar-refractivity contribution in [2.24, 2.45) is 5.92 Å². The van der Waals surface area contributed by atoms with E-state index in [-0.39, 0.29) is 11.8 Å². The molecule has 2 aromatic carbocycles. The molecule has 2 aromatic rings. The summed E-state index contributed by atoms with van der Waals surface area (Å²) in [5, 5.41) is 2.81. The smallest absolute Gasteiger partial charge is 0.253 e. The van der Waals surface area contributed by atoms with Crippen LogP contribution in [0.1, 0.15) is 42.6 Å². The Morgan fingerprint density at radius 2 is 1.77 bits per heavy atom. The third-order valence-corrected chi connectivity index (χ3v) is 4.98. The lowest BCUT2D eigenvalue weighted by Gasteiger charge is -2.15. The van der Waals surface area contributed by atoms with Gasteiger partial charge in [-0.1, -0.05) is 19.9 Å². The highest BCUT2D eigenvalue weighted by Gasteiger charge is 2.19. The summed E-state index contributed by atoms with van der Waals surface area (Å²) in [7, 11) is 1.59. The predicted molar refractivity (Wildman–Crippen MR) is 123 cm³/mol. The summed E-state index contributed by atoms with van der Waals surface area (Å²) in [5.74, 6) is 1.52. The fourth-order valence-electron chi connectivity index (χ4n) is 3.32. The number of benzene rings is 2. The highest BCUT2D eigenvalue weighted by Crippen LogP contribution is 2.29. The molecule has 6 heteroatoms. The molecule has 2 amide bonds. The first-order valence-corrected chi connectivity index (χ1v) is 10.7. The van der Waals surface area contributed by atoms with E-state index in [4.69, 9.17) is 9.47 Å². The molecule has 0 atom stereocenters. The molecule has 1 saturated heterocycles. The minimum absolute atomic E-state index is 0.0463. The van der Waals surface area contributed by atoms with Gasteiger partial charge in [0.1, 0.15) is 0 Å². The molecule has 0 unspecified atom stereocenters. The highest BCUT2D eigenvalue weighted by molar-refractivity contribution is 6.02. The topological polar surface area (TPSA) is 67.9 Å². The number of amides is 2. The zero-order valence-electron chi connectivity index (χ0n) is 18.4. The van der Waals surface area contributed by atoms with Crippen molar-refractivity contribution < 1.29 is 19.1 Å². The van der Waals surface area contributed by atoms with Crippen LogP contribution in [0.4, 0.5) is 5.69 Å². The Labute approximate surface area is 183 Å². The van der Waals surface area contributed by atoms with Gasteiger partial charge in [-0.05, 0) is 66.8 Å². The SMILES string of the molecule is COc1cc(/C=C/C(=O)Nc2ccc(C(=O)N3CCCC3)cc2)ccc1OCC(C)C. The summed E-state index contributed by atoms with van der Waals surface area (Å²) in [6.45, 7) is 6.41. The molecule has 0 saturated carbocycles. The van der Waals surface area contributed by atoms with Crippen LogP contribution in [-0.4, -0.2) is 43.5 Å². The number of methoxy groups -OCH3 is 1. The van der Waals surface area contributed by atoms with Gasteiger partial charge in [0.05, 0.1) is 13.7 Å². The Morgan fingerprint density at radius 3 is 2.42 bits per heavy atom. The molecular formula is C25H30N2O4. The van der Waals surface area contributed by atoms with Gasteiger partial charge < -0.3 is 19.7 Å². The maximum absolute atomic E-state index is 12.4. The van der Waals surface area contributed by atoms with Crippen molar-refractivity contribution >= 4 is 23.6 Å². The Morgan fingerprint density at radius 1 is 1.06 bits per heavy atom. The Balaban J connectivity index is 1.58. The second-order valence-electron chi connectivity index (χ2n) is 8.01. The van der Waals surface area contributed by atoms with E-state index < -0.39 is 0 Å². The molecule has 164 valence electrons. The van der Waals surface area contributed by atoms with Crippen LogP contribution in [0.5, 0.6) is 11.5 Å². The van der Waals surface area contributed by atoms with Crippen LogP contribution >= 0.6 is 0 Å². The number of hydrogen-bond acceptors (Lipinski definition) is 4. The first kappa shape index (κ1) is 22.4. The molecule has 1 N–H and O–H groups in total. The molecular weight excluding hydrogens is 392 g/mol. The van der Waals surface area contributed by atoms with Crippen molar-refractivity contribution in [2.45, 2.75) is 26.7 Å². The molecule has 1 fully saturated rings. The lowest BCUT2D eigenvalue weighted by molar-refractivity contribution is -0.111. The van der Waals surface area contributed by atoms with E-state index in [1.807, 2.05) is 23.1 Å². The number of rotatable bonds is 8. The van der Waals surface area contributed by atoms with Crippen molar-refractivity contribution in [3.63, 3.8) is 0 Å². The van der Waals surface area contributed by atoms with Gasteiger partial charge in [-0.2, -0.15) is 0 Å². The molecule has 1 aliphatic rings. The number of likely N-dealkylation sites (tertiary alicyclic amines) is 1. The van der Waals surface area contributed by atoms with Gasteiger partial charge in [0, 0.05) is 30.4 Å². The van der Waals surface area contributed by atoms with Crippen LogP contribution in [0, 0.1) is 5.92 Å². The molecule has 0 aromatic heterocycles. The summed E-state index contributed by atoms with van der Waals surface area (Å²) in [5.41, 5.74) is 2.11. The summed E-state index contributed by atoms with van der Waals surface area (Å²) in [6.07, 6.45) is 5.31. The monoisotopic (exact) mass is 422 g/mol. The number of nitrogens with zero attached hydrogens (tertiary/aromatic N) is 1.